The van der Waals surface area contributed by atoms with Crippen molar-refractivity contribution in [2.75, 3.05) is 0 Å². The Labute approximate surface area is 95.6 Å². The highest BCUT2D eigenvalue weighted by Crippen LogP contribution is 2.26. The fourth-order valence-corrected chi connectivity index (χ4v) is 1.96. The molecule has 2 nitrogen and oxygen atoms in total. The van der Waals surface area contributed by atoms with Crippen molar-refractivity contribution < 1.29 is 5.21 Å². The van der Waals surface area contributed by atoms with Crippen LogP contribution in [0.25, 0.3) is 6.08 Å². The average Bonchev–Trinajstić information content (AvgIpc) is 2.76. The smallest absolute Gasteiger partial charge is 0.0696 e. The Hall–Kier alpha value is -1.83. The monoisotopic (exact) mass is 213 g/mol. The zero-order valence-corrected chi connectivity index (χ0v) is 9.13. The first-order chi connectivity index (χ1) is 7.90. The number of hydrogen-bond acceptors (Lipinski definition) is 2. The maximum Gasteiger partial charge on any atom is 0.0696 e. The van der Waals surface area contributed by atoms with Crippen LogP contribution in [-0.2, 0) is 0 Å². The molecule has 0 saturated heterocycles. The first-order valence-electron chi connectivity index (χ1n) is 5.53. The molecule has 0 spiro atoms. The molecule has 0 aliphatic heterocycles. The molecule has 0 fully saturated rings. The fourth-order valence-electron chi connectivity index (χ4n) is 1.96. The lowest BCUT2D eigenvalue weighted by Gasteiger charge is -1.96. The van der Waals surface area contributed by atoms with E-state index in [1.165, 1.54) is 11.1 Å². The molecule has 82 valence electrons. The van der Waals surface area contributed by atoms with E-state index in [0.717, 1.165) is 24.8 Å². The predicted molar refractivity (Wildman–Crippen MR) is 66.6 cm³/mol. The number of nitrogens with zero attached hydrogens (tertiary/aromatic N) is 1. The summed E-state index contributed by atoms with van der Waals surface area (Å²) >= 11 is 0. The van der Waals surface area contributed by atoms with Crippen molar-refractivity contribution in [3.05, 3.63) is 53.1 Å². The second-order valence-corrected chi connectivity index (χ2v) is 3.89. The van der Waals surface area contributed by atoms with E-state index in [4.69, 9.17) is 5.21 Å². The van der Waals surface area contributed by atoms with Crippen LogP contribution in [0, 0.1) is 0 Å². The maximum atomic E-state index is 8.54. The average molecular weight is 213 g/mol. The summed E-state index contributed by atoms with van der Waals surface area (Å²) < 4.78 is 0. The van der Waals surface area contributed by atoms with Crippen LogP contribution in [0.1, 0.15) is 24.8 Å². The van der Waals surface area contributed by atoms with Gasteiger partial charge in [-0.05, 0) is 36.0 Å². The van der Waals surface area contributed by atoms with Crippen molar-refractivity contribution in [2.45, 2.75) is 19.3 Å². The van der Waals surface area contributed by atoms with Gasteiger partial charge in [-0.1, -0.05) is 47.6 Å². The third-order valence-electron chi connectivity index (χ3n) is 2.79. The second kappa shape index (κ2) is 5.31. The van der Waals surface area contributed by atoms with Crippen LogP contribution in [-0.4, -0.2) is 11.4 Å². The molecule has 0 atom stereocenters. The van der Waals surface area contributed by atoms with Crippen molar-refractivity contribution >= 4 is 12.3 Å². The van der Waals surface area contributed by atoms with Crippen molar-refractivity contribution in [3.63, 3.8) is 0 Å². The first-order valence-corrected chi connectivity index (χ1v) is 5.53. The quantitative estimate of drug-likeness (QED) is 0.464. The first kappa shape index (κ1) is 10.7. The molecule has 0 heterocycles. The largest absolute Gasteiger partial charge is 0.411 e. The highest BCUT2D eigenvalue weighted by atomic mass is 16.4. The van der Waals surface area contributed by atoms with Gasteiger partial charge in [0.1, 0.15) is 0 Å². The van der Waals surface area contributed by atoms with E-state index in [-0.39, 0.29) is 0 Å². The molecule has 0 radical (unpaired) electrons. The summed E-state index contributed by atoms with van der Waals surface area (Å²) in [6.07, 6.45) is 9.02. The minimum Gasteiger partial charge on any atom is -0.411 e. The molecular weight excluding hydrogens is 198 g/mol. The van der Waals surface area contributed by atoms with Gasteiger partial charge in [-0.3, -0.25) is 0 Å². The molecule has 1 aliphatic rings. The number of allylic oxidation sites excluding steroid dienone is 3. The normalized spacial score (nSPS) is 16.8. The Kier molecular flexibility index (Phi) is 3.54. The molecule has 1 aromatic rings. The van der Waals surface area contributed by atoms with Gasteiger partial charge in [-0.2, -0.15) is 0 Å². The van der Waals surface area contributed by atoms with Crippen molar-refractivity contribution in [3.8, 4) is 0 Å². The summed E-state index contributed by atoms with van der Waals surface area (Å²) in [7, 11) is 0. The van der Waals surface area contributed by atoms with E-state index in [2.05, 4.69) is 29.4 Å². The second-order valence-electron chi connectivity index (χ2n) is 3.89. The van der Waals surface area contributed by atoms with Gasteiger partial charge in [0.05, 0.1) is 6.21 Å². The van der Waals surface area contributed by atoms with Gasteiger partial charge in [-0.25, -0.2) is 0 Å². The molecular formula is C14H15NO. The molecule has 16 heavy (non-hydrogen) atoms. The number of rotatable bonds is 3. The van der Waals surface area contributed by atoms with Gasteiger partial charge in [-0.15, -0.1) is 0 Å². The third-order valence-corrected chi connectivity index (χ3v) is 2.79. The zero-order valence-electron chi connectivity index (χ0n) is 9.13. The summed E-state index contributed by atoms with van der Waals surface area (Å²) in [6, 6.07) is 10.2. The standard InChI is InChI=1S/C14H15NO/c16-15-11-14-8-4-7-13(14)10-9-12-5-2-1-3-6-12/h1-3,5-6,9-11,16H,4,7-8H2/b10-9+,15-11?. The van der Waals surface area contributed by atoms with E-state index >= 15 is 0 Å². The Morgan fingerprint density at radius 3 is 2.50 bits per heavy atom. The van der Waals surface area contributed by atoms with Gasteiger partial charge in [0.2, 0.25) is 0 Å². The Bertz CT molecular complexity index is 429. The number of benzene rings is 1. The molecule has 2 rings (SSSR count). The summed E-state index contributed by atoms with van der Waals surface area (Å²) in [5.41, 5.74) is 3.62. The van der Waals surface area contributed by atoms with Gasteiger partial charge < -0.3 is 5.21 Å². The van der Waals surface area contributed by atoms with Crippen LogP contribution >= 0.6 is 0 Å². The van der Waals surface area contributed by atoms with Crippen molar-refractivity contribution in [2.24, 2.45) is 5.16 Å². The molecule has 0 unspecified atom stereocenters. The number of oxime groups is 1. The molecule has 0 aromatic heterocycles. The molecule has 1 aromatic carbocycles. The Morgan fingerprint density at radius 2 is 1.75 bits per heavy atom. The van der Waals surface area contributed by atoms with Crippen LogP contribution < -0.4 is 0 Å². The molecule has 0 saturated carbocycles. The highest BCUT2D eigenvalue weighted by Gasteiger charge is 2.10. The highest BCUT2D eigenvalue weighted by molar-refractivity contribution is 5.81. The van der Waals surface area contributed by atoms with E-state index in [9.17, 15) is 0 Å². The molecule has 2 heteroatoms. The van der Waals surface area contributed by atoms with E-state index in [0.29, 0.717) is 0 Å². The summed E-state index contributed by atoms with van der Waals surface area (Å²) in [4.78, 5) is 0. The summed E-state index contributed by atoms with van der Waals surface area (Å²) in [6.45, 7) is 0. The lowest BCUT2D eigenvalue weighted by molar-refractivity contribution is 0.321. The predicted octanol–water partition coefficient (Wildman–Crippen LogP) is 3.64. The van der Waals surface area contributed by atoms with Gasteiger partial charge in [0.15, 0.2) is 0 Å². The van der Waals surface area contributed by atoms with E-state index in [1.54, 1.807) is 6.21 Å². The molecule has 1 N–H and O–H groups in total. The van der Waals surface area contributed by atoms with Crippen LogP contribution in [0.15, 0.2) is 52.7 Å². The topological polar surface area (TPSA) is 32.6 Å². The zero-order chi connectivity index (χ0) is 11.2. The van der Waals surface area contributed by atoms with Crippen LogP contribution in [0.4, 0.5) is 0 Å². The fraction of sp³-hybridized carbons (Fsp3) is 0.214. The van der Waals surface area contributed by atoms with E-state index in [1.807, 2.05) is 18.2 Å². The van der Waals surface area contributed by atoms with Gasteiger partial charge in [0, 0.05) is 0 Å². The summed E-state index contributed by atoms with van der Waals surface area (Å²) in [5, 5.41) is 11.6. The Balaban J connectivity index is 2.15. The minimum absolute atomic E-state index is 1.01. The third kappa shape index (κ3) is 2.60. The van der Waals surface area contributed by atoms with E-state index < -0.39 is 0 Å². The van der Waals surface area contributed by atoms with Crippen molar-refractivity contribution in [1.29, 1.82) is 0 Å². The lowest BCUT2D eigenvalue weighted by Crippen LogP contribution is -1.82. The minimum atomic E-state index is 1.01. The SMILES string of the molecule is ON=CC1=C(/C=C/c2ccccc2)CCC1. The molecule has 0 bridgehead atoms. The van der Waals surface area contributed by atoms with Gasteiger partial charge >= 0.3 is 0 Å². The van der Waals surface area contributed by atoms with Gasteiger partial charge in [0.25, 0.3) is 0 Å². The molecule has 0 amide bonds. The van der Waals surface area contributed by atoms with Crippen molar-refractivity contribution in [1.82, 2.24) is 0 Å². The maximum absolute atomic E-state index is 8.54. The summed E-state index contributed by atoms with van der Waals surface area (Å²) in [5.74, 6) is 0. The van der Waals surface area contributed by atoms with Crippen LogP contribution in [0.5, 0.6) is 0 Å². The Morgan fingerprint density at radius 1 is 1.00 bits per heavy atom. The lowest BCUT2D eigenvalue weighted by atomic mass is 10.1. The molecule has 1 aliphatic carbocycles. The number of hydrogen-bond donors (Lipinski definition) is 1. The van der Waals surface area contributed by atoms with Crippen LogP contribution in [0.3, 0.4) is 0 Å². The van der Waals surface area contributed by atoms with Crippen LogP contribution in [0.2, 0.25) is 0 Å².